The van der Waals surface area contributed by atoms with E-state index < -0.39 is 18.1 Å². The van der Waals surface area contributed by atoms with Crippen LogP contribution in [0.15, 0.2) is 85.1 Å². The number of hydrogen-bond acceptors (Lipinski definition) is 7. The highest BCUT2D eigenvalue weighted by Gasteiger charge is 2.25. The molecule has 0 saturated heterocycles. The largest absolute Gasteiger partial charge is 0.544 e. The number of hydrogen-bond donors (Lipinski definition) is 0. The third kappa shape index (κ3) is 39.7. The van der Waals surface area contributed by atoms with Crippen molar-refractivity contribution in [2.45, 2.75) is 180 Å². The third-order valence-corrected chi connectivity index (χ3v) is 9.77. The van der Waals surface area contributed by atoms with Crippen LogP contribution in [0.1, 0.15) is 168 Å². The van der Waals surface area contributed by atoms with Crippen LogP contribution in [-0.2, 0) is 28.6 Å². The predicted octanol–water partition coefficient (Wildman–Crippen LogP) is 11.6. The lowest BCUT2D eigenvalue weighted by Gasteiger charge is -2.34. The van der Waals surface area contributed by atoms with E-state index in [-0.39, 0.29) is 49.1 Å². The van der Waals surface area contributed by atoms with Gasteiger partial charge in [0.05, 0.1) is 40.3 Å². The van der Waals surface area contributed by atoms with E-state index >= 15 is 0 Å². The normalized spacial score (nSPS) is 13.7. The number of carboxylic acids is 1. The lowest BCUT2D eigenvalue weighted by molar-refractivity contribution is -0.889. The number of quaternary nitrogens is 1. The minimum absolute atomic E-state index is 0.0136. The Hall–Kier alpha value is -3.49. The van der Waals surface area contributed by atoms with Crippen molar-refractivity contribution in [3.05, 3.63) is 85.1 Å². The summed E-state index contributed by atoms with van der Waals surface area (Å²) in [6, 6.07) is -0.740. The summed E-state index contributed by atoms with van der Waals surface area (Å²) in [5.41, 5.74) is 0. The van der Waals surface area contributed by atoms with Crippen LogP contribution in [0.3, 0.4) is 0 Å². The summed E-state index contributed by atoms with van der Waals surface area (Å²) in [5.74, 6) is -1.82. The minimum atomic E-state index is -1.14. The van der Waals surface area contributed by atoms with Crippen molar-refractivity contribution in [2.75, 3.05) is 41.0 Å². The number of ether oxygens (including phenoxy) is 3. The van der Waals surface area contributed by atoms with Gasteiger partial charge in [0.1, 0.15) is 12.6 Å². The Morgan fingerprint density at radius 2 is 0.949 bits per heavy atom. The van der Waals surface area contributed by atoms with Crippen LogP contribution in [0.25, 0.3) is 0 Å². The van der Waals surface area contributed by atoms with E-state index in [0.717, 1.165) is 83.5 Å². The average Bonchev–Trinajstić information content (AvgIpc) is 3.19. The van der Waals surface area contributed by atoms with E-state index in [4.69, 9.17) is 14.2 Å². The number of carbonyl (C=O) groups excluding carboxylic acids is 3. The highest BCUT2D eigenvalue weighted by atomic mass is 16.6. The minimum Gasteiger partial charge on any atom is -0.544 e. The molecule has 0 aliphatic carbocycles. The zero-order valence-electron chi connectivity index (χ0n) is 38.1. The molecule has 0 heterocycles. The number of rotatable bonds is 40. The first-order valence-electron chi connectivity index (χ1n) is 23.1. The van der Waals surface area contributed by atoms with Gasteiger partial charge in [0.25, 0.3) is 0 Å². The molecule has 0 aliphatic rings. The maximum atomic E-state index is 12.7. The Morgan fingerprint density at radius 1 is 0.525 bits per heavy atom. The van der Waals surface area contributed by atoms with Crippen molar-refractivity contribution in [2.24, 2.45) is 0 Å². The second-order valence-corrected chi connectivity index (χ2v) is 16.3. The van der Waals surface area contributed by atoms with E-state index in [1.54, 1.807) is 21.1 Å². The van der Waals surface area contributed by atoms with Crippen molar-refractivity contribution >= 4 is 17.9 Å². The second kappa shape index (κ2) is 41.3. The monoisotopic (exact) mass is 824 g/mol. The van der Waals surface area contributed by atoms with Crippen LogP contribution < -0.4 is 5.11 Å². The van der Waals surface area contributed by atoms with Crippen LogP contribution in [0.2, 0.25) is 0 Å². The smallest absolute Gasteiger partial charge is 0.306 e. The summed E-state index contributed by atoms with van der Waals surface area (Å²) in [6.07, 6.45) is 53.3. The number of likely N-dealkylation sites (N-methyl/N-ethyl adjacent to an activating group) is 1. The summed E-state index contributed by atoms with van der Waals surface area (Å²) in [7, 11) is 5.38. The molecule has 0 amide bonds. The summed E-state index contributed by atoms with van der Waals surface area (Å²) in [5, 5.41) is 11.6. The van der Waals surface area contributed by atoms with Gasteiger partial charge in [0.2, 0.25) is 0 Å². The zero-order valence-corrected chi connectivity index (χ0v) is 38.1. The van der Waals surface area contributed by atoms with Crippen molar-refractivity contribution < 1.29 is 38.2 Å². The maximum Gasteiger partial charge on any atom is 0.306 e. The summed E-state index contributed by atoms with van der Waals surface area (Å²) >= 11 is 0. The number of allylic oxidation sites excluding steroid dienone is 14. The van der Waals surface area contributed by atoms with Crippen LogP contribution >= 0.6 is 0 Å². The Kier molecular flexibility index (Phi) is 38.8. The second-order valence-electron chi connectivity index (χ2n) is 16.3. The van der Waals surface area contributed by atoms with Crippen LogP contribution in [0.4, 0.5) is 0 Å². The first kappa shape index (κ1) is 55.5. The molecule has 0 aliphatic heterocycles. The molecule has 0 rings (SSSR count). The molecule has 0 N–H and O–H groups in total. The number of aliphatic carboxylic acids is 1. The van der Waals surface area contributed by atoms with Gasteiger partial charge in [-0.15, -0.1) is 0 Å². The van der Waals surface area contributed by atoms with Gasteiger partial charge in [-0.05, 0) is 89.9 Å². The summed E-state index contributed by atoms with van der Waals surface area (Å²) in [4.78, 5) is 36.9. The number of nitrogens with zero attached hydrogens (tertiary/aromatic N) is 1. The van der Waals surface area contributed by atoms with Gasteiger partial charge >= 0.3 is 11.9 Å². The quantitative estimate of drug-likeness (QED) is 0.0262. The van der Waals surface area contributed by atoms with Gasteiger partial charge < -0.3 is 28.6 Å². The van der Waals surface area contributed by atoms with E-state index in [1.807, 2.05) is 0 Å². The Morgan fingerprint density at radius 3 is 1.46 bits per heavy atom. The van der Waals surface area contributed by atoms with E-state index in [1.165, 1.54) is 44.9 Å². The van der Waals surface area contributed by atoms with Gasteiger partial charge in [-0.1, -0.05) is 144 Å². The zero-order chi connectivity index (χ0) is 43.5. The molecule has 336 valence electrons. The highest BCUT2D eigenvalue weighted by Crippen LogP contribution is 2.12. The van der Waals surface area contributed by atoms with Crippen molar-refractivity contribution in [1.29, 1.82) is 0 Å². The molecule has 0 aromatic heterocycles. The number of unbranched alkanes of at least 4 members (excludes halogenated alkanes) is 12. The van der Waals surface area contributed by atoms with Gasteiger partial charge in [-0.25, -0.2) is 0 Å². The molecule has 0 spiro atoms. The molecule has 2 atom stereocenters. The SMILES string of the molecule is CC/C=C/C/C=C/C/C=C/C/C=C/C/C=C/C/C=C/CCCCC(=O)OC(COCCC(C(=O)[O-])[N+](C)(C)C)COC(=O)CCCCC/C=C/CCCCCCCCC. The average molecular weight is 824 g/mol. The third-order valence-electron chi connectivity index (χ3n) is 9.77. The molecule has 0 bridgehead atoms. The molecule has 8 nitrogen and oxygen atoms in total. The van der Waals surface area contributed by atoms with Gasteiger partial charge in [0, 0.05) is 19.3 Å². The van der Waals surface area contributed by atoms with E-state index in [2.05, 4.69) is 98.9 Å². The molecular formula is C51H85NO7. The van der Waals surface area contributed by atoms with Gasteiger partial charge in [-0.3, -0.25) is 9.59 Å². The molecular weight excluding hydrogens is 739 g/mol. The maximum absolute atomic E-state index is 12.7. The first-order valence-corrected chi connectivity index (χ1v) is 23.1. The van der Waals surface area contributed by atoms with E-state index in [9.17, 15) is 19.5 Å². The number of esters is 2. The lowest BCUT2D eigenvalue weighted by Crippen LogP contribution is -2.55. The van der Waals surface area contributed by atoms with Crippen LogP contribution in [0, 0.1) is 0 Å². The molecule has 0 aromatic carbocycles. The van der Waals surface area contributed by atoms with Crippen molar-refractivity contribution in [3.8, 4) is 0 Å². The lowest BCUT2D eigenvalue weighted by atomic mass is 10.1. The van der Waals surface area contributed by atoms with Crippen LogP contribution in [0.5, 0.6) is 0 Å². The van der Waals surface area contributed by atoms with Gasteiger partial charge in [0.15, 0.2) is 6.10 Å². The van der Waals surface area contributed by atoms with Crippen molar-refractivity contribution in [3.63, 3.8) is 0 Å². The fourth-order valence-electron chi connectivity index (χ4n) is 6.18. The molecule has 0 radical (unpaired) electrons. The van der Waals surface area contributed by atoms with Gasteiger partial charge in [-0.2, -0.15) is 0 Å². The first-order chi connectivity index (χ1) is 28.6. The fraction of sp³-hybridized carbons (Fsp3) is 0.667. The Balaban J connectivity index is 4.45. The number of carbonyl (C=O) groups is 3. The highest BCUT2D eigenvalue weighted by molar-refractivity contribution is 5.70. The molecule has 0 saturated carbocycles. The fourth-order valence-corrected chi connectivity index (χ4v) is 6.18. The summed E-state index contributed by atoms with van der Waals surface area (Å²) < 4.78 is 17.1. The Labute approximate surface area is 361 Å². The number of carboxylic acid groups (broad SMARTS) is 1. The Bertz CT molecular complexity index is 1240. The van der Waals surface area contributed by atoms with E-state index in [0.29, 0.717) is 12.8 Å². The van der Waals surface area contributed by atoms with Crippen LogP contribution in [-0.4, -0.2) is 75.5 Å². The molecule has 0 aromatic rings. The topological polar surface area (TPSA) is 102 Å². The molecule has 8 heteroatoms. The standard InChI is InChI=1S/C51H85NO7/c1-6-8-10-12-14-16-18-20-22-23-24-25-26-27-28-30-32-34-36-38-40-42-50(54)59-47(45-57-44-43-48(51(55)56)52(3,4)5)46-58-49(53)41-39-37-35-33-31-29-21-19-17-15-13-11-9-7-2/h8,10,14,16,20,22,24-25,27-29,31-32,34,47-48H,6-7,9,11-13,15,17-19,21,23,26,30,33,35-46H2,1-5H3/b10-8+,16-14+,22-20+,25-24+,28-27+,31-29+,34-32+. The molecule has 59 heavy (non-hydrogen) atoms. The van der Waals surface area contributed by atoms with Crippen molar-refractivity contribution in [1.82, 2.24) is 0 Å². The molecule has 2 unspecified atom stereocenters. The molecule has 0 fully saturated rings. The summed E-state index contributed by atoms with van der Waals surface area (Å²) in [6.45, 7) is 4.47. The predicted molar refractivity (Wildman–Crippen MR) is 245 cm³/mol.